The lowest BCUT2D eigenvalue weighted by Gasteiger charge is -2.23. The van der Waals surface area contributed by atoms with Gasteiger partial charge in [-0.05, 0) is 13.3 Å². The lowest BCUT2D eigenvalue weighted by molar-refractivity contribution is 0.0983. The fourth-order valence-corrected chi connectivity index (χ4v) is 2.75. The third-order valence-corrected chi connectivity index (χ3v) is 3.84. The molecule has 1 aromatic rings. The number of hydrogen-bond acceptors (Lipinski definition) is 4. The topological polar surface area (TPSA) is 62.3 Å². The quantitative estimate of drug-likeness (QED) is 0.885. The molecule has 1 fully saturated rings. The van der Waals surface area contributed by atoms with Crippen LogP contribution in [0.5, 0.6) is 0 Å². The molecule has 1 aliphatic rings. The van der Waals surface area contributed by atoms with Crippen molar-refractivity contribution in [3.05, 3.63) is 16.9 Å². The number of aromatic nitrogens is 2. The van der Waals surface area contributed by atoms with Gasteiger partial charge in [-0.15, -0.1) is 0 Å². The van der Waals surface area contributed by atoms with E-state index >= 15 is 0 Å². The molecule has 0 amide bonds. The molecule has 102 valence electrons. The zero-order valence-electron chi connectivity index (χ0n) is 10.8. The molecular weight excluding hydrogens is 254 g/mol. The number of nitrogens with two attached hydrogens (primary N) is 1. The molecule has 0 spiro atoms. The molecule has 1 aliphatic heterocycles. The first-order chi connectivity index (χ1) is 8.65. The number of rotatable bonds is 5. The van der Waals surface area contributed by atoms with Crippen molar-refractivity contribution in [1.29, 1.82) is 0 Å². The second kappa shape index (κ2) is 6.02. The smallest absolute Gasteiger partial charge is 0.0834 e. The van der Waals surface area contributed by atoms with Gasteiger partial charge in [0.1, 0.15) is 0 Å². The van der Waals surface area contributed by atoms with Crippen LogP contribution in [0.2, 0.25) is 5.02 Å². The van der Waals surface area contributed by atoms with Crippen molar-refractivity contribution in [2.24, 2.45) is 11.7 Å². The van der Waals surface area contributed by atoms with Crippen LogP contribution in [0.15, 0.2) is 6.20 Å². The first kappa shape index (κ1) is 13.8. The van der Waals surface area contributed by atoms with Crippen LogP contribution in [0.25, 0.3) is 0 Å². The van der Waals surface area contributed by atoms with Gasteiger partial charge in [0.05, 0.1) is 42.2 Å². The number of methoxy groups -OCH3 is 1. The Morgan fingerprint density at radius 1 is 1.72 bits per heavy atom. The maximum Gasteiger partial charge on any atom is 0.0834 e. The molecule has 3 unspecified atom stereocenters. The molecule has 2 N–H and O–H groups in total. The Hall–Kier alpha value is -0.620. The Bertz CT molecular complexity index is 397. The number of hydrogen-bond donors (Lipinski definition) is 1. The SMILES string of the molecule is COCCn1ncc(Cl)c1C(N)C1CCOC1C. The monoisotopic (exact) mass is 273 g/mol. The second-order valence-electron chi connectivity index (χ2n) is 4.65. The van der Waals surface area contributed by atoms with Crippen LogP contribution in [0.4, 0.5) is 0 Å². The number of nitrogens with zero attached hydrogens (tertiary/aromatic N) is 2. The summed E-state index contributed by atoms with van der Waals surface area (Å²) >= 11 is 6.20. The fraction of sp³-hybridized carbons (Fsp3) is 0.750. The standard InChI is InChI=1S/C12H20ClN3O2/c1-8-9(3-5-18-8)11(14)12-10(13)7-15-16(12)4-6-17-2/h7-9,11H,3-6,14H2,1-2H3. The number of ether oxygens (including phenoxy) is 2. The van der Waals surface area contributed by atoms with E-state index in [0.29, 0.717) is 24.1 Å². The zero-order valence-corrected chi connectivity index (χ0v) is 11.6. The van der Waals surface area contributed by atoms with Crippen LogP contribution in [0.1, 0.15) is 25.1 Å². The Labute approximate surface area is 112 Å². The van der Waals surface area contributed by atoms with E-state index in [9.17, 15) is 0 Å². The summed E-state index contributed by atoms with van der Waals surface area (Å²) in [5.74, 6) is 0.292. The molecule has 2 heterocycles. The van der Waals surface area contributed by atoms with Gasteiger partial charge in [-0.25, -0.2) is 0 Å². The third-order valence-electron chi connectivity index (χ3n) is 3.55. The fourth-order valence-electron chi connectivity index (χ4n) is 2.48. The third kappa shape index (κ3) is 2.69. The molecule has 1 aromatic heterocycles. The Morgan fingerprint density at radius 2 is 2.50 bits per heavy atom. The van der Waals surface area contributed by atoms with E-state index in [1.54, 1.807) is 13.3 Å². The highest BCUT2D eigenvalue weighted by Gasteiger charge is 2.33. The van der Waals surface area contributed by atoms with Gasteiger partial charge in [-0.3, -0.25) is 4.68 Å². The lowest BCUT2D eigenvalue weighted by atomic mass is 9.92. The molecule has 6 heteroatoms. The molecular formula is C12H20ClN3O2. The molecule has 0 radical (unpaired) electrons. The van der Waals surface area contributed by atoms with Gasteiger partial charge in [0.2, 0.25) is 0 Å². The van der Waals surface area contributed by atoms with Crippen molar-refractivity contribution in [3.63, 3.8) is 0 Å². The van der Waals surface area contributed by atoms with Crippen LogP contribution in [-0.2, 0) is 16.0 Å². The van der Waals surface area contributed by atoms with E-state index in [4.69, 9.17) is 26.8 Å². The second-order valence-corrected chi connectivity index (χ2v) is 5.06. The first-order valence-corrected chi connectivity index (χ1v) is 6.60. The summed E-state index contributed by atoms with van der Waals surface area (Å²) in [6.07, 6.45) is 2.78. The average molecular weight is 274 g/mol. The summed E-state index contributed by atoms with van der Waals surface area (Å²) in [7, 11) is 1.66. The Balaban J connectivity index is 2.17. The van der Waals surface area contributed by atoms with Gasteiger partial charge < -0.3 is 15.2 Å². The van der Waals surface area contributed by atoms with Crippen molar-refractivity contribution in [3.8, 4) is 0 Å². The molecule has 0 saturated carbocycles. The van der Waals surface area contributed by atoms with Crippen LogP contribution < -0.4 is 5.73 Å². The van der Waals surface area contributed by atoms with E-state index < -0.39 is 0 Å². The van der Waals surface area contributed by atoms with Gasteiger partial charge in [-0.2, -0.15) is 5.10 Å². The molecule has 0 bridgehead atoms. The summed E-state index contributed by atoms with van der Waals surface area (Å²) in [6.45, 7) is 4.08. The van der Waals surface area contributed by atoms with E-state index in [1.807, 2.05) is 4.68 Å². The summed E-state index contributed by atoms with van der Waals surface area (Å²) in [5, 5.41) is 4.88. The summed E-state index contributed by atoms with van der Waals surface area (Å²) in [5.41, 5.74) is 7.23. The van der Waals surface area contributed by atoms with Gasteiger partial charge in [0, 0.05) is 19.6 Å². The minimum Gasteiger partial charge on any atom is -0.383 e. The zero-order chi connectivity index (χ0) is 13.1. The van der Waals surface area contributed by atoms with Crippen molar-refractivity contribution in [2.75, 3.05) is 20.3 Å². The summed E-state index contributed by atoms with van der Waals surface area (Å²) in [6, 6.07) is -0.144. The molecule has 3 atom stereocenters. The molecule has 5 nitrogen and oxygen atoms in total. The van der Waals surface area contributed by atoms with Gasteiger partial charge in [0.15, 0.2) is 0 Å². The highest BCUT2D eigenvalue weighted by atomic mass is 35.5. The Morgan fingerprint density at radius 3 is 3.11 bits per heavy atom. The largest absolute Gasteiger partial charge is 0.383 e. The summed E-state index contributed by atoms with van der Waals surface area (Å²) < 4.78 is 12.5. The molecule has 1 saturated heterocycles. The van der Waals surface area contributed by atoms with Gasteiger partial charge in [0.25, 0.3) is 0 Å². The van der Waals surface area contributed by atoms with Crippen LogP contribution >= 0.6 is 11.6 Å². The minimum atomic E-state index is -0.144. The number of halogens is 1. The van der Waals surface area contributed by atoms with Crippen molar-refractivity contribution >= 4 is 11.6 Å². The van der Waals surface area contributed by atoms with E-state index in [-0.39, 0.29) is 12.1 Å². The maximum absolute atomic E-state index is 6.34. The molecule has 0 aromatic carbocycles. The maximum atomic E-state index is 6.34. The first-order valence-electron chi connectivity index (χ1n) is 6.22. The summed E-state index contributed by atoms with van der Waals surface area (Å²) in [4.78, 5) is 0. The van der Waals surface area contributed by atoms with Gasteiger partial charge >= 0.3 is 0 Å². The van der Waals surface area contributed by atoms with Gasteiger partial charge in [-0.1, -0.05) is 11.6 Å². The van der Waals surface area contributed by atoms with Crippen molar-refractivity contribution in [2.45, 2.75) is 32.0 Å². The van der Waals surface area contributed by atoms with Crippen LogP contribution in [0.3, 0.4) is 0 Å². The highest BCUT2D eigenvalue weighted by molar-refractivity contribution is 6.31. The minimum absolute atomic E-state index is 0.144. The van der Waals surface area contributed by atoms with E-state index in [1.165, 1.54) is 0 Å². The molecule has 0 aliphatic carbocycles. The molecule has 18 heavy (non-hydrogen) atoms. The van der Waals surface area contributed by atoms with Crippen molar-refractivity contribution < 1.29 is 9.47 Å². The van der Waals surface area contributed by atoms with Crippen LogP contribution in [0, 0.1) is 5.92 Å². The predicted octanol–water partition coefficient (Wildman–Crippen LogP) is 1.61. The molecule has 2 rings (SSSR count). The Kier molecular flexibility index (Phi) is 4.61. The van der Waals surface area contributed by atoms with E-state index in [0.717, 1.165) is 18.7 Å². The normalized spacial score (nSPS) is 25.6. The average Bonchev–Trinajstić information content (AvgIpc) is 2.92. The van der Waals surface area contributed by atoms with E-state index in [2.05, 4.69) is 12.0 Å². The van der Waals surface area contributed by atoms with Crippen molar-refractivity contribution in [1.82, 2.24) is 9.78 Å². The van der Waals surface area contributed by atoms with Crippen LogP contribution in [-0.4, -0.2) is 36.2 Å². The highest BCUT2D eigenvalue weighted by Crippen LogP contribution is 2.34. The lowest BCUT2D eigenvalue weighted by Crippen LogP contribution is -2.29. The predicted molar refractivity (Wildman–Crippen MR) is 69.6 cm³/mol.